The summed E-state index contributed by atoms with van der Waals surface area (Å²) in [5, 5.41) is 6.41. The minimum absolute atomic E-state index is 0.00211. The van der Waals surface area contributed by atoms with E-state index in [0.717, 1.165) is 42.9 Å². The van der Waals surface area contributed by atoms with Gasteiger partial charge in [0, 0.05) is 19.6 Å². The Hall–Kier alpha value is -2.57. The number of aryl methyl sites for hydroxylation is 2. The second kappa shape index (κ2) is 9.39. The standard InChI is InChI=1S/C20H31N5O2/c1-6-21-19(23-14-18(26)27-20(3,4)5)22-12-9-13-25-15(2)24-16-10-7-8-11-17(16)25/h7-8,10-11H,6,9,12-14H2,1-5H3,(H2,21,22,23). The van der Waals surface area contributed by atoms with Gasteiger partial charge in [0.1, 0.15) is 18.0 Å². The molecule has 2 N–H and O–H groups in total. The van der Waals surface area contributed by atoms with Crippen molar-refractivity contribution in [3.05, 3.63) is 30.1 Å². The van der Waals surface area contributed by atoms with E-state index in [1.165, 1.54) is 0 Å². The van der Waals surface area contributed by atoms with Gasteiger partial charge in [-0.15, -0.1) is 0 Å². The van der Waals surface area contributed by atoms with Gasteiger partial charge < -0.3 is 19.9 Å². The summed E-state index contributed by atoms with van der Waals surface area (Å²) in [4.78, 5) is 20.7. The average molecular weight is 374 g/mol. The summed E-state index contributed by atoms with van der Waals surface area (Å²) >= 11 is 0. The number of guanidine groups is 1. The third-order valence-electron chi connectivity index (χ3n) is 3.83. The Labute approximate surface area is 161 Å². The number of aliphatic imine (C=N–C) groups is 1. The summed E-state index contributed by atoms with van der Waals surface area (Å²) < 4.78 is 7.51. The number of nitrogens with zero attached hydrogens (tertiary/aromatic N) is 3. The van der Waals surface area contributed by atoms with Crippen LogP contribution in [0.5, 0.6) is 0 Å². The van der Waals surface area contributed by atoms with Gasteiger partial charge in [-0.05, 0) is 53.2 Å². The number of esters is 1. The Balaban J connectivity index is 1.86. The van der Waals surface area contributed by atoms with Crippen molar-refractivity contribution in [2.75, 3.05) is 19.6 Å². The monoisotopic (exact) mass is 373 g/mol. The van der Waals surface area contributed by atoms with Crippen LogP contribution in [0.25, 0.3) is 11.0 Å². The summed E-state index contributed by atoms with van der Waals surface area (Å²) in [5.74, 6) is 1.30. The molecule has 0 fully saturated rings. The first-order valence-electron chi connectivity index (χ1n) is 9.46. The third-order valence-corrected chi connectivity index (χ3v) is 3.83. The number of hydrogen-bond donors (Lipinski definition) is 2. The van der Waals surface area contributed by atoms with Gasteiger partial charge in [-0.3, -0.25) is 4.79 Å². The van der Waals surface area contributed by atoms with Gasteiger partial charge in [0.15, 0.2) is 5.96 Å². The van der Waals surface area contributed by atoms with Crippen molar-refractivity contribution in [1.29, 1.82) is 0 Å². The molecule has 0 amide bonds. The van der Waals surface area contributed by atoms with Gasteiger partial charge in [0.05, 0.1) is 11.0 Å². The van der Waals surface area contributed by atoms with Crippen molar-refractivity contribution < 1.29 is 9.53 Å². The van der Waals surface area contributed by atoms with Crippen molar-refractivity contribution >= 4 is 23.0 Å². The molecule has 0 atom stereocenters. The predicted octanol–water partition coefficient (Wildman–Crippen LogP) is 2.63. The largest absolute Gasteiger partial charge is 0.459 e. The van der Waals surface area contributed by atoms with Gasteiger partial charge in [0.2, 0.25) is 0 Å². The molecular weight excluding hydrogens is 342 g/mol. The van der Waals surface area contributed by atoms with E-state index in [1.807, 2.05) is 52.8 Å². The van der Waals surface area contributed by atoms with E-state index in [-0.39, 0.29) is 12.5 Å². The lowest BCUT2D eigenvalue weighted by molar-refractivity contribution is -0.152. The first kappa shape index (κ1) is 20.7. The number of imidazole rings is 1. The molecule has 0 saturated carbocycles. The summed E-state index contributed by atoms with van der Waals surface area (Å²) in [7, 11) is 0. The van der Waals surface area contributed by atoms with Crippen molar-refractivity contribution in [2.45, 2.75) is 53.2 Å². The van der Waals surface area contributed by atoms with Crippen molar-refractivity contribution in [1.82, 2.24) is 20.2 Å². The van der Waals surface area contributed by atoms with Crippen LogP contribution in [0, 0.1) is 6.92 Å². The molecule has 0 bridgehead atoms. The van der Waals surface area contributed by atoms with Gasteiger partial charge in [-0.25, -0.2) is 9.98 Å². The fourth-order valence-electron chi connectivity index (χ4n) is 2.78. The number of carbonyl (C=O) groups is 1. The van der Waals surface area contributed by atoms with E-state index < -0.39 is 5.60 Å². The van der Waals surface area contributed by atoms with Crippen molar-refractivity contribution in [3.63, 3.8) is 0 Å². The molecule has 0 radical (unpaired) electrons. The zero-order valence-electron chi connectivity index (χ0n) is 17.0. The maximum absolute atomic E-state index is 11.8. The SMILES string of the molecule is CCNC(=NCC(=O)OC(C)(C)C)NCCCn1c(C)nc2ccccc21. The van der Waals surface area contributed by atoms with Crippen molar-refractivity contribution in [2.24, 2.45) is 4.99 Å². The highest BCUT2D eigenvalue weighted by Crippen LogP contribution is 2.15. The van der Waals surface area contributed by atoms with Gasteiger partial charge in [-0.1, -0.05) is 12.1 Å². The minimum Gasteiger partial charge on any atom is -0.459 e. The first-order chi connectivity index (χ1) is 12.8. The summed E-state index contributed by atoms with van der Waals surface area (Å²) in [5.41, 5.74) is 1.68. The molecule has 1 heterocycles. The Morgan fingerprint density at radius 1 is 1.26 bits per heavy atom. The summed E-state index contributed by atoms with van der Waals surface area (Å²) in [6.07, 6.45) is 0.915. The molecule has 27 heavy (non-hydrogen) atoms. The van der Waals surface area contributed by atoms with Crippen LogP contribution < -0.4 is 10.6 Å². The number of nitrogens with one attached hydrogen (secondary N) is 2. The first-order valence-corrected chi connectivity index (χ1v) is 9.46. The quantitative estimate of drug-likeness (QED) is 0.337. The van der Waals surface area contributed by atoms with Crippen LogP contribution in [0.4, 0.5) is 0 Å². The minimum atomic E-state index is -0.496. The van der Waals surface area contributed by atoms with Crippen LogP contribution in [-0.2, 0) is 16.1 Å². The number of hydrogen-bond acceptors (Lipinski definition) is 4. The van der Waals surface area contributed by atoms with Crippen LogP contribution in [0.2, 0.25) is 0 Å². The van der Waals surface area contributed by atoms with Crippen LogP contribution in [0.1, 0.15) is 39.9 Å². The number of aromatic nitrogens is 2. The van der Waals surface area contributed by atoms with E-state index in [0.29, 0.717) is 5.96 Å². The number of benzene rings is 1. The molecule has 1 aromatic heterocycles. The number of ether oxygens (including phenoxy) is 1. The topological polar surface area (TPSA) is 80.5 Å². The number of rotatable bonds is 7. The molecule has 2 aromatic rings. The second-order valence-electron chi connectivity index (χ2n) is 7.36. The predicted molar refractivity (Wildman–Crippen MR) is 109 cm³/mol. The molecule has 1 aromatic carbocycles. The highest BCUT2D eigenvalue weighted by atomic mass is 16.6. The molecule has 0 aliphatic carbocycles. The summed E-state index contributed by atoms with van der Waals surface area (Å²) in [6.45, 7) is 11.9. The number of para-hydroxylation sites is 2. The molecule has 7 heteroatoms. The zero-order chi connectivity index (χ0) is 19.9. The van der Waals surface area contributed by atoms with Crippen LogP contribution >= 0.6 is 0 Å². The average Bonchev–Trinajstić information content (AvgIpc) is 2.90. The van der Waals surface area contributed by atoms with Gasteiger partial charge in [-0.2, -0.15) is 0 Å². The Morgan fingerprint density at radius 3 is 2.70 bits per heavy atom. The molecule has 0 spiro atoms. The smallest absolute Gasteiger partial charge is 0.328 e. The molecule has 0 saturated heterocycles. The Morgan fingerprint density at radius 2 is 2.00 bits per heavy atom. The fraction of sp³-hybridized carbons (Fsp3) is 0.550. The van der Waals surface area contributed by atoms with Crippen LogP contribution in [0.15, 0.2) is 29.3 Å². The lowest BCUT2D eigenvalue weighted by Gasteiger charge is -2.19. The Bertz CT molecular complexity index is 789. The lowest BCUT2D eigenvalue weighted by Crippen LogP contribution is -2.38. The molecule has 7 nitrogen and oxygen atoms in total. The maximum atomic E-state index is 11.8. The molecule has 148 valence electrons. The van der Waals surface area contributed by atoms with Gasteiger partial charge >= 0.3 is 5.97 Å². The normalized spacial score (nSPS) is 12.3. The molecule has 2 rings (SSSR count). The van der Waals surface area contributed by atoms with Crippen LogP contribution in [0.3, 0.4) is 0 Å². The van der Waals surface area contributed by atoms with Gasteiger partial charge in [0.25, 0.3) is 0 Å². The lowest BCUT2D eigenvalue weighted by atomic mass is 10.2. The second-order valence-corrected chi connectivity index (χ2v) is 7.36. The number of fused-ring (bicyclic) bond motifs is 1. The van der Waals surface area contributed by atoms with E-state index in [4.69, 9.17) is 4.74 Å². The third kappa shape index (κ3) is 6.58. The molecule has 0 unspecified atom stereocenters. The highest BCUT2D eigenvalue weighted by Gasteiger charge is 2.15. The van der Waals surface area contributed by atoms with Crippen LogP contribution in [-0.4, -0.2) is 46.7 Å². The van der Waals surface area contributed by atoms with Crippen molar-refractivity contribution in [3.8, 4) is 0 Å². The van der Waals surface area contributed by atoms with E-state index >= 15 is 0 Å². The van der Waals surface area contributed by atoms with E-state index in [2.05, 4.69) is 31.2 Å². The number of carbonyl (C=O) groups excluding carboxylic acids is 1. The molecule has 0 aliphatic heterocycles. The van der Waals surface area contributed by atoms with E-state index in [9.17, 15) is 4.79 Å². The maximum Gasteiger partial charge on any atom is 0.328 e. The summed E-state index contributed by atoms with van der Waals surface area (Å²) in [6, 6.07) is 8.16. The zero-order valence-corrected chi connectivity index (χ0v) is 17.0. The molecule has 0 aliphatic rings. The fourth-order valence-corrected chi connectivity index (χ4v) is 2.78. The Kier molecular flexibility index (Phi) is 7.21. The molecular formula is C20H31N5O2. The highest BCUT2D eigenvalue weighted by molar-refractivity contribution is 5.83. The van der Waals surface area contributed by atoms with E-state index in [1.54, 1.807) is 0 Å².